The third-order valence-corrected chi connectivity index (χ3v) is 2.36. The summed E-state index contributed by atoms with van der Waals surface area (Å²) in [5.74, 6) is 3.30. The van der Waals surface area contributed by atoms with Crippen LogP contribution in [0.3, 0.4) is 0 Å². The van der Waals surface area contributed by atoms with Gasteiger partial charge in [0.1, 0.15) is 5.15 Å². The van der Waals surface area contributed by atoms with Crippen molar-refractivity contribution < 1.29 is 4.21 Å². The highest BCUT2D eigenvalue weighted by molar-refractivity contribution is 7.98. The quantitative estimate of drug-likeness (QED) is 0.523. The van der Waals surface area contributed by atoms with Crippen molar-refractivity contribution in [2.45, 2.75) is 4.90 Å². The molecule has 1 aromatic rings. The number of nitrogens with two attached hydrogens (primary N) is 1. The van der Waals surface area contributed by atoms with Crippen LogP contribution in [0.5, 0.6) is 0 Å². The number of halogens is 1. The van der Waals surface area contributed by atoms with E-state index in [1.54, 1.807) is 0 Å². The molecule has 0 aliphatic heterocycles. The summed E-state index contributed by atoms with van der Waals surface area (Å²) in [6.45, 7) is 0. The minimum atomic E-state index is -2.65. The van der Waals surface area contributed by atoms with Crippen LogP contribution in [-0.2, 0) is 9.71 Å². The maximum atomic E-state index is 11.1. The molecule has 0 aliphatic carbocycles. The van der Waals surface area contributed by atoms with Crippen LogP contribution in [0.1, 0.15) is 0 Å². The van der Waals surface area contributed by atoms with Gasteiger partial charge in [-0.05, 0) is 18.0 Å². The van der Waals surface area contributed by atoms with Crippen molar-refractivity contribution in [1.82, 2.24) is 4.98 Å². The van der Waals surface area contributed by atoms with Gasteiger partial charge in [0.15, 0.2) is 0 Å². The number of nitrogens with zero attached hydrogens (tertiary/aromatic N) is 1. The van der Waals surface area contributed by atoms with Crippen molar-refractivity contribution >= 4 is 27.2 Å². The Labute approximate surface area is 70.3 Å². The van der Waals surface area contributed by atoms with Crippen LogP contribution in [0.25, 0.3) is 0 Å². The highest BCUT2D eigenvalue weighted by atomic mass is 35.5. The van der Waals surface area contributed by atoms with Gasteiger partial charge in [-0.2, -0.15) is 0 Å². The van der Waals surface area contributed by atoms with Crippen molar-refractivity contribution in [2.75, 3.05) is 0 Å². The second kappa shape index (κ2) is 2.81. The number of pyridine rings is 1. The van der Waals surface area contributed by atoms with Gasteiger partial charge >= 0.3 is 0 Å². The zero-order chi connectivity index (χ0) is 8.48. The fourth-order valence-corrected chi connectivity index (χ4v) is 1.44. The lowest BCUT2D eigenvalue weighted by Crippen LogP contribution is -2.11. The third-order valence-electron chi connectivity index (χ3n) is 1.10. The molecule has 11 heavy (non-hydrogen) atoms. The molecule has 0 amide bonds. The van der Waals surface area contributed by atoms with Crippen LogP contribution in [0.15, 0.2) is 23.2 Å². The van der Waals surface area contributed by atoms with Crippen LogP contribution in [-0.4, -0.2) is 15.1 Å². The Kier molecular flexibility index (Phi) is 2.17. The average molecular weight is 191 g/mol. The van der Waals surface area contributed by atoms with Gasteiger partial charge < -0.3 is 0 Å². The Bertz CT molecular complexity index is 361. The summed E-state index contributed by atoms with van der Waals surface area (Å²) in [5.41, 5.74) is 0. The number of hydrogen-bond donors (Lipinski definition) is 1. The lowest BCUT2D eigenvalue weighted by Gasteiger charge is -2.00. The molecule has 2 N–H and O–H groups in total. The highest BCUT2D eigenvalue weighted by Crippen LogP contribution is 2.10. The minimum absolute atomic E-state index is 0.268. The molecule has 1 aromatic heterocycles. The maximum absolute atomic E-state index is 11.1. The van der Waals surface area contributed by atoms with E-state index in [4.69, 9.17) is 16.7 Å². The van der Waals surface area contributed by atoms with Crippen molar-refractivity contribution in [2.24, 2.45) is 5.14 Å². The maximum Gasteiger partial charge on any atom is 0.130 e. The van der Waals surface area contributed by atoms with E-state index in [9.17, 15) is 4.21 Å². The lowest BCUT2D eigenvalue weighted by molar-refractivity contribution is 0.682. The number of hydrogen-bond acceptors (Lipinski definition) is 2. The van der Waals surface area contributed by atoms with E-state index < -0.39 is 9.71 Å². The predicted octanol–water partition coefficient (Wildman–Crippen LogP) is 0.684. The fourth-order valence-electron chi connectivity index (χ4n) is 0.600. The molecular formula is C6H7ClN2OS. The van der Waals surface area contributed by atoms with Crippen LogP contribution in [0.4, 0.5) is 0 Å². The molecular weight excluding hydrogens is 184 g/mol. The largest absolute Gasteiger partial charge is 0.256 e. The summed E-state index contributed by atoms with van der Waals surface area (Å²) in [6.07, 6.45) is 1.44. The SMILES string of the molecule is C=S(N)(=O)c1ccnc(Cl)c1. The smallest absolute Gasteiger partial charge is 0.130 e. The van der Waals surface area contributed by atoms with Crippen LogP contribution in [0, 0.1) is 0 Å². The Morgan fingerprint density at radius 3 is 2.73 bits per heavy atom. The summed E-state index contributed by atoms with van der Waals surface area (Å²) in [5, 5.41) is 5.52. The van der Waals surface area contributed by atoms with Gasteiger partial charge in [-0.1, -0.05) is 11.6 Å². The number of rotatable bonds is 1. The molecule has 0 aliphatic rings. The van der Waals surface area contributed by atoms with Crippen molar-refractivity contribution in [3.05, 3.63) is 23.5 Å². The molecule has 0 aromatic carbocycles. The lowest BCUT2D eigenvalue weighted by atomic mass is 10.5. The Morgan fingerprint density at radius 1 is 1.73 bits per heavy atom. The molecule has 5 heteroatoms. The van der Waals surface area contributed by atoms with Gasteiger partial charge in [-0.25, -0.2) is 9.19 Å². The third kappa shape index (κ3) is 2.18. The van der Waals surface area contributed by atoms with Crippen LogP contribution in [0.2, 0.25) is 5.15 Å². The summed E-state index contributed by atoms with van der Waals surface area (Å²) in [7, 11) is -2.65. The van der Waals surface area contributed by atoms with Gasteiger partial charge in [0, 0.05) is 11.1 Å². The van der Waals surface area contributed by atoms with E-state index in [0.29, 0.717) is 4.90 Å². The average Bonchev–Trinajstić information content (AvgIpc) is 1.86. The second-order valence-electron chi connectivity index (χ2n) is 2.04. The molecule has 0 spiro atoms. The predicted molar refractivity (Wildman–Crippen MR) is 47.0 cm³/mol. The molecule has 1 heterocycles. The number of aromatic nitrogens is 1. The standard InChI is InChI=1S/C6H7ClN2OS/c1-11(8,10)5-2-3-9-6(7)4-5/h2-4H,1H2,(H2,8,10). The van der Waals surface area contributed by atoms with E-state index in [0.717, 1.165) is 0 Å². The second-order valence-corrected chi connectivity index (χ2v) is 4.35. The normalized spacial score (nSPS) is 15.8. The van der Waals surface area contributed by atoms with Gasteiger partial charge in [0.25, 0.3) is 0 Å². The molecule has 3 nitrogen and oxygen atoms in total. The summed E-state index contributed by atoms with van der Waals surface area (Å²) >= 11 is 5.53. The van der Waals surface area contributed by atoms with E-state index in [-0.39, 0.29) is 5.15 Å². The van der Waals surface area contributed by atoms with Crippen LogP contribution < -0.4 is 5.14 Å². The minimum Gasteiger partial charge on any atom is -0.256 e. The molecule has 60 valence electrons. The van der Waals surface area contributed by atoms with E-state index in [1.165, 1.54) is 18.3 Å². The van der Waals surface area contributed by atoms with E-state index >= 15 is 0 Å². The van der Waals surface area contributed by atoms with Crippen LogP contribution >= 0.6 is 11.6 Å². The summed E-state index contributed by atoms with van der Waals surface area (Å²) in [6, 6.07) is 2.97. The Hall–Kier alpha value is -0.580. The van der Waals surface area contributed by atoms with Gasteiger partial charge in [0.2, 0.25) is 0 Å². The molecule has 0 fully saturated rings. The highest BCUT2D eigenvalue weighted by Gasteiger charge is 2.00. The van der Waals surface area contributed by atoms with Crippen molar-refractivity contribution in [3.8, 4) is 0 Å². The zero-order valence-electron chi connectivity index (χ0n) is 5.66. The first-order chi connectivity index (χ1) is 5.00. The molecule has 0 radical (unpaired) electrons. The summed E-state index contributed by atoms with van der Waals surface area (Å²) in [4.78, 5) is 4.12. The molecule has 1 rings (SSSR count). The first kappa shape index (κ1) is 8.52. The zero-order valence-corrected chi connectivity index (χ0v) is 7.23. The fraction of sp³-hybridized carbons (Fsp3) is 0. The van der Waals surface area contributed by atoms with Gasteiger partial charge in [-0.15, -0.1) is 0 Å². The van der Waals surface area contributed by atoms with Crippen molar-refractivity contribution in [1.29, 1.82) is 0 Å². The van der Waals surface area contributed by atoms with Gasteiger partial charge in [-0.3, -0.25) is 5.14 Å². The topological polar surface area (TPSA) is 56.0 Å². The first-order valence-electron chi connectivity index (χ1n) is 2.77. The Balaban J connectivity index is 3.28. The molecule has 0 saturated heterocycles. The van der Waals surface area contributed by atoms with Gasteiger partial charge in [0.05, 0.1) is 9.71 Å². The Morgan fingerprint density at radius 2 is 2.36 bits per heavy atom. The summed E-state index contributed by atoms with van der Waals surface area (Å²) < 4.78 is 11.1. The van der Waals surface area contributed by atoms with E-state index in [2.05, 4.69) is 10.9 Å². The van der Waals surface area contributed by atoms with E-state index in [1.807, 2.05) is 0 Å². The first-order valence-corrected chi connectivity index (χ1v) is 4.93. The molecule has 1 unspecified atom stereocenters. The monoisotopic (exact) mass is 190 g/mol. The molecule has 0 saturated carbocycles. The molecule has 0 bridgehead atoms. The molecule has 1 atom stereocenters. The van der Waals surface area contributed by atoms with Crippen molar-refractivity contribution in [3.63, 3.8) is 0 Å².